The lowest BCUT2D eigenvalue weighted by molar-refractivity contribution is -0.152. The lowest BCUT2D eigenvalue weighted by atomic mass is 9.84. The average Bonchev–Trinajstić information content (AvgIpc) is 2.40. The number of benzene rings is 1. The number of carbonyl (C=O) groups excluding carboxylic acids is 1. The molecule has 1 heterocycles. The summed E-state index contributed by atoms with van der Waals surface area (Å²) in [6.45, 7) is 4.60. The minimum Gasteiger partial charge on any atom is -0.481 e. The fourth-order valence-corrected chi connectivity index (χ4v) is 3.12. The SMILES string of the molecule is CC(C)CN1C(=O)CCC(C(=O)O)C1c1cccc(Cl)c1. The molecule has 21 heavy (non-hydrogen) atoms. The van der Waals surface area contributed by atoms with Gasteiger partial charge in [0.05, 0.1) is 12.0 Å². The molecule has 2 atom stereocenters. The largest absolute Gasteiger partial charge is 0.481 e. The van der Waals surface area contributed by atoms with Crippen LogP contribution in [0.25, 0.3) is 0 Å². The molecule has 1 aliphatic rings. The van der Waals surface area contributed by atoms with Crippen LogP contribution in [-0.2, 0) is 9.59 Å². The van der Waals surface area contributed by atoms with E-state index in [1.807, 2.05) is 19.9 Å². The molecule has 1 saturated heterocycles. The lowest BCUT2D eigenvalue weighted by Crippen LogP contribution is -2.46. The number of hydrogen-bond acceptors (Lipinski definition) is 2. The van der Waals surface area contributed by atoms with Gasteiger partial charge in [-0.25, -0.2) is 0 Å². The van der Waals surface area contributed by atoms with Crippen molar-refractivity contribution in [2.45, 2.75) is 32.7 Å². The molecule has 1 amide bonds. The number of hydrogen-bond donors (Lipinski definition) is 1. The fourth-order valence-electron chi connectivity index (χ4n) is 2.92. The average molecular weight is 310 g/mol. The van der Waals surface area contributed by atoms with Crippen molar-refractivity contribution in [1.29, 1.82) is 0 Å². The summed E-state index contributed by atoms with van der Waals surface area (Å²) >= 11 is 6.03. The number of carboxylic acids is 1. The van der Waals surface area contributed by atoms with Crippen LogP contribution in [-0.4, -0.2) is 28.4 Å². The number of nitrogens with zero attached hydrogens (tertiary/aromatic N) is 1. The normalized spacial score (nSPS) is 22.7. The fraction of sp³-hybridized carbons (Fsp3) is 0.500. The zero-order valence-corrected chi connectivity index (χ0v) is 13.0. The molecule has 0 aromatic heterocycles. The van der Waals surface area contributed by atoms with Crippen LogP contribution in [0.2, 0.25) is 5.02 Å². The highest BCUT2D eigenvalue weighted by Gasteiger charge is 2.40. The van der Waals surface area contributed by atoms with Gasteiger partial charge < -0.3 is 10.0 Å². The maximum atomic E-state index is 12.3. The molecule has 2 rings (SSSR count). The van der Waals surface area contributed by atoms with E-state index < -0.39 is 17.9 Å². The number of likely N-dealkylation sites (tertiary alicyclic amines) is 1. The minimum absolute atomic E-state index is 0.0196. The smallest absolute Gasteiger partial charge is 0.308 e. The molecule has 5 heteroatoms. The Hall–Kier alpha value is -1.55. The first-order chi connectivity index (χ1) is 9.90. The molecule has 0 spiro atoms. The number of carboxylic acid groups (broad SMARTS) is 1. The Kier molecular flexibility index (Phi) is 4.88. The molecule has 0 aliphatic carbocycles. The van der Waals surface area contributed by atoms with E-state index >= 15 is 0 Å². The summed E-state index contributed by atoms with van der Waals surface area (Å²) in [6.07, 6.45) is 0.667. The summed E-state index contributed by atoms with van der Waals surface area (Å²) in [5, 5.41) is 10.1. The van der Waals surface area contributed by atoms with Crippen molar-refractivity contribution >= 4 is 23.5 Å². The summed E-state index contributed by atoms with van der Waals surface area (Å²) in [6, 6.07) is 6.71. The quantitative estimate of drug-likeness (QED) is 0.927. The van der Waals surface area contributed by atoms with Crippen molar-refractivity contribution in [3.8, 4) is 0 Å². The summed E-state index contributed by atoms with van der Waals surface area (Å²) < 4.78 is 0. The third-order valence-corrected chi connectivity index (χ3v) is 4.01. The number of amides is 1. The Labute approximate surface area is 129 Å². The summed E-state index contributed by atoms with van der Waals surface area (Å²) in [7, 11) is 0. The Balaban J connectivity index is 2.43. The van der Waals surface area contributed by atoms with Gasteiger partial charge in [0.25, 0.3) is 0 Å². The highest BCUT2D eigenvalue weighted by molar-refractivity contribution is 6.30. The van der Waals surface area contributed by atoms with Crippen LogP contribution >= 0.6 is 11.6 Å². The van der Waals surface area contributed by atoms with Crippen LogP contribution < -0.4 is 0 Å². The maximum Gasteiger partial charge on any atom is 0.308 e. The predicted molar refractivity (Wildman–Crippen MR) is 81.1 cm³/mol. The van der Waals surface area contributed by atoms with E-state index in [2.05, 4.69) is 0 Å². The van der Waals surface area contributed by atoms with Crippen molar-refractivity contribution < 1.29 is 14.7 Å². The number of piperidine rings is 1. The van der Waals surface area contributed by atoms with Gasteiger partial charge in [0, 0.05) is 18.0 Å². The zero-order chi connectivity index (χ0) is 15.6. The molecule has 2 unspecified atom stereocenters. The van der Waals surface area contributed by atoms with E-state index in [4.69, 9.17) is 11.6 Å². The van der Waals surface area contributed by atoms with Gasteiger partial charge in [-0.05, 0) is 30.0 Å². The first-order valence-electron chi connectivity index (χ1n) is 7.18. The number of aliphatic carboxylic acids is 1. The molecule has 1 aromatic carbocycles. The van der Waals surface area contributed by atoms with E-state index in [1.165, 1.54) is 0 Å². The molecule has 114 valence electrons. The van der Waals surface area contributed by atoms with E-state index in [1.54, 1.807) is 23.1 Å². The predicted octanol–water partition coefficient (Wildman–Crippen LogP) is 3.36. The highest BCUT2D eigenvalue weighted by Crippen LogP contribution is 2.38. The third kappa shape index (κ3) is 3.56. The molecule has 1 aliphatic heterocycles. The standard InChI is InChI=1S/C16H20ClNO3/c1-10(2)9-18-14(19)7-6-13(16(20)21)15(18)11-4-3-5-12(17)8-11/h3-5,8,10,13,15H,6-7,9H2,1-2H3,(H,20,21). The second-order valence-corrected chi connectivity index (χ2v) is 6.36. The third-order valence-electron chi connectivity index (χ3n) is 3.78. The Morgan fingerprint density at radius 3 is 2.76 bits per heavy atom. The van der Waals surface area contributed by atoms with Gasteiger partial charge in [-0.1, -0.05) is 37.6 Å². The molecule has 1 aromatic rings. The van der Waals surface area contributed by atoms with Crippen molar-refractivity contribution in [2.24, 2.45) is 11.8 Å². The van der Waals surface area contributed by atoms with E-state index in [9.17, 15) is 14.7 Å². The summed E-state index contributed by atoms with van der Waals surface area (Å²) in [5.74, 6) is -1.14. The number of halogens is 1. The Bertz CT molecular complexity index is 544. The summed E-state index contributed by atoms with van der Waals surface area (Å²) in [4.78, 5) is 25.6. The van der Waals surface area contributed by atoms with Gasteiger partial charge >= 0.3 is 5.97 Å². The van der Waals surface area contributed by atoms with Crippen molar-refractivity contribution in [1.82, 2.24) is 4.90 Å². The maximum absolute atomic E-state index is 12.3. The van der Waals surface area contributed by atoms with Crippen LogP contribution in [0.1, 0.15) is 38.3 Å². The van der Waals surface area contributed by atoms with Crippen molar-refractivity contribution in [3.63, 3.8) is 0 Å². The zero-order valence-electron chi connectivity index (χ0n) is 12.3. The van der Waals surface area contributed by atoms with Crippen LogP contribution in [0.3, 0.4) is 0 Å². The van der Waals surface area contributed by atoms with Crippen LogP contribution in [0.5, 0.6) is 0 Å². The molecule has 0 saturated carbocycles. The van der Waals surface area contributed by atoms with E-state index in [-0.39, 0.29) is 11.8 Å². The number of rotatable bonds is 4. The van der Waals surface area contributed by atoms with Crippen LogP contribution in [0.4, 0.5) is 0 Å². The van der Waals surface area contributed by atoms with Crippen molar-refractivity contribution in [2.75, 3.05) is 6.54 Å². The number of carbonyl (C=O) groups is 2. The molecule has 0 radical (unpaired) electrons. The summed E-state index contributed by atoms with van der Waals surface area (Å²) in [5.41, 5.74) is 0.795. The molecule has 4 nitrogen and oxygen atoms in total. The second kappa shape index (κ2) is 6.48. The first kappa shape index (κ1) is 15.8. The molecule has 1 fully saturated rings. The lowest BCUT2D eigenvalue weighted by Gasteiger charge is -2.40. The van der Waals surface area contributed by atoms with E-state index in [0.29, 0.717) is 24.4 Å². The van der Waals surface area contributed by atoms with Crippen molar-refractivity contribution in [3.05, 3.63) is 34.9 Å². The monoisotopic (exact) mass is 309 g/mol. The molecule has 0 bridgehead atoms. The highest BCUT2D eigenvalue weighted by atomic mass is 35.5. The molecule has 1 N–H and O–H groups in total. The minimum atomic E-state index is -0.860. The van der Waals surface area contributed by atoms with E-state index in [0.717, 1.165) is 5.56 Å². The van der Waals surface area contributed by atoms with Crippen LogP contribution in [0, 0.1) is 11.8 Å². The van der Waals surface area contributed by atoms with Gasteiger partial charge in [0.1, 0.15) is 0 Å². The van der Waals surface area contributed by atoms with Gasteiger partial charge in [0.15, 0.2) is 0 Å². The topological polar surface area (TPSA) is 57.6 Å². The van der Waals surface area contributed by atoms with Gasteiger partial charge in [-0.3, -0.25) is 9.59 Å². The molecular weight excluding hydrogens is 290 g/mol. The van der Waals surface area contributed by atoms with Gasteiger partial charge in [0.2, 0.25) is 5.91 Å². The second-order valence-electron chi connectivity index (χ2n) is 5.92. The van der Waals surface area contributed by atoms with Gasteiger partial charge in [-0.15, -0.1) is 0 Å². The van der Waals surface area contributed by atoms with Crippen LogP contribution in [0.15, 0.2) is 24.3 Å². The Morgan fingerprint density at radius 2 is 2.19 bits per heavy atom. The first-order valence-corrected chi connectivity index (χ1v) is 7.55. The van der Waals surface area contributed by atoms with Gasteiger partial charge in [-0.2, -0.15) is 0 Å². The molecular formula is C16H20ClNO3. The Morgan fingerprint density at radius 1 is 1.48 bits per heavy atom.